The molecule has 0 fully saturated rings. The third-order valence-electron chi connectivity index (χ3n) is 2.38. The van der Waals surface area contributed by atoms with Crippen LogP contribution >= 0.6 is 11.8 Å². The van der Waals surface area contributed by atoms with Crippen LogP contribution in [0.15, 0.2) is 23.4 Å². The third-order valence-corrected chi connectivity index (χ3v) is 3.44. The number of hydrogen-bond donors (Lipinski definition) is 1. The van der Waals surface area contributed by atoms with Crippen LogP contribution in [0.3, 0.4) is 0 Å². The van der Waals surface area contributed by atoms with E-state index in [0.717, 1.165) is 17.8 Å². The maximum absolute atomic E-state index is 12.9. The zero-order valence-corrected chi connectivity index (χ0v) is 10.7. The number of halogens is 3. The number of aromatic nitrogens is 4. The predicted octanol–water partition coefficient (Wildman–Crippen LogP) is 2.10. The minimum atomic E-state index is -4.43. The van der Waals surface area contributed by atoms with E-state index in [1.807, 2.05) is 0 Å². The Hall–Kier alpha value is -1.77. The van der Waals surface area contributed by atoms with Crippen molar-refractivity contribution in [2.75, 3.05) is 5.73 Å². The van der Waals surface area contributed by atoms with Gasteiger partial charge in [-0.1, -0.05) is 17.8 Å². The summed E-state index contributed by atoms with van der Waals surface area (Å²) in [6.07, 6.45) is -4.43. The molecule has 19 heavy (non-hydrogen) atoms. The number of thioether (sulfide) groups is 1. The molecule has 0 aliphatic carbocycles. The number of aryl methyl sites for hydroxylation is 1. The highest BCUT2D eigenvalue weighted by molar-refractivity contribution is 7.98. The molecule has 1 aromatic heterocycles. The summed E-state index contributed by atoms with van der Waals surface area (Å²) in [6, 6.07) is 3.75. The first-order chi connectivity index (χ1) is 8.88. The van der Waals surface area contributed by atoms with E-state index in [1.165, 1.54) is 16.8 Å². The summed E-state index contributed by atoms with van der Waals surface area (Å²) in [5.74, 6) is 0.114. The number of nitrogens with two attached hydrogens (primary N) is 1. The maximum atomic E-state index is 12.9. The molecular formula is C10H10F3N5S. The average molecular weight is 289 g/mol. The molecule has 2 rings (SSSR count). The number of nitrogens with zero attached hydrogens (tertiary/aromatic N) is 4. The van der Waals surface area contributed by atoms with Crippen molar-refractivity contribution in [3.8, 4) is 0 Å². The molecule has 0 radical (unpaired) electrons. The fourth-order valence-corrected chi connectivity index (χ4v) is 2.32. The molecule has 2 N–H and O–H groups in total. The fraction of sp³-hybridized carbons (Fsp3) is 0.300. The van der Waals surface area contributed by atoms with Crippen LogP contribution < -0.4 is 5.73 Å². The van der Waals surface area contributed by atoms with Crippen molar-refractivity contribution in [3.63, 3.8) is 0 Å². The highest BCUT2D eigenvalue weighted by Crippen LogP contribution is 2.35. The summed E-state index contributed by atoms with van der Waals surface area (Å²) in [6.45, 7) is 0. The van der Waals surface area contributed by atoms with Crippen LogP contribution in [-0.2, 0) is 19.0 Å². The zero-order chi connectivity index (χ0) is 14.0. The first-order valence-electron chi connectivity index (χ1n) is 5.18. The number of nitrogen functional groups attached to an aromatic ring is 1. The lowest BCUT2D eigenvalue weighted by atomic mass is 10.1. The SMILES string of the molecule is Cn1nnnc1SCc1ccc(N)cc1C(F)(F)F. The standard InChI is InChI=1S/C10H10F3N5S/c1-18-9(15-16-17-18)19-5-6-2-3-7(14)4-8(6)10(11,12)13/h2-4H,5,14H2,1H3. The van der Waals surface area contributed by atoms with Crippen LogP contribution in [0, 0.1) is 0 Å². The smallest absolute Gasteiger partial charge is 0.399 e. The Kier molecular flexibility index (Phi) is 3.65. The molecule has 0 atom stereocenters. The second kappa shape index (κ2) is 5.08. The number of benzene rings is 1. The Morgan fingerprint density at radius 2 is 2.11 bits per heavy atom. The average Bonchev–Trinajstić information content (AvgIpc) is 2.72. The summed E-state index contributed by atoms with van der Waals surface area (Å²) in [5, 5.41) is 11.2. The second-order valence-electron chi connectivity index (χ2n) is 3.79. The van der Waals surface area contributed by atoms with Gasteiger partial charge in [0.2, 0.25) is 5.16 Å². The maximum Gasteiger partial charge on any atom is 0.416 e. The third kappa shape index (κ3) is 3.16. The molecule has 0 bridgehead atoms. The number of alkyl halides is 3. The van der Waals surface area contributed by atoms with E-state index in [9.17, 15) is 13.2 Å². The molecule has 1 heterocycles. The van der Waals surface area contributed by atoms with Gasteiger partial charge < -0.3 is 5.73 Å². The topological polar surface area (TPSA) is 69.6 Å². The van der Waals surface area contributed by atoms with Gasteiger partial charge in [0.25, 0.3) is 0 Å². The summed E-state index contributed by atoms with van der Waals surface area (Å²) in [4.78, 5) is 0. The van der Waals surface area contributed by atoms with Crippen LogP contribution in [0.5, 0.6) is 0 Å². The Morgan fingerprint density at radius 1 is 1.37 bits per heavy atom. The largest absolute Gasteiger partial charge is 0.416 e. The molecule has 0 aliphatic heterocycles. The molecule has 1 aromatic carbocycles. The summed E-state index contributed by atoms with van der Waals surface area (Å²) >= 11 is 1.13. The quantitative estimate of drug-likeness (QED) is 0.692. The normalized spacial score (nSPS) is 11.8. The van der Waals surface area contributed by atoms with E-state index in [4.69, 9.17) is 5.73 Å². The molecule has 102 valence electrons. The van der Waals surface area contributed by atoms with Crippen LogP contribution in [0.1, 0.15) is 11.1 Å². The van der Waals surface area contributed by atoms with Crippen molar-refractivity contribution >= 4 is 17.4 Å². The molecule has 0 spiro atoms. The predicted molar refractivity (Wildman–Crippen MR) is 64.2 cm³/mol. The fourth-order valence-electron chi connectivity index (χ4n) is 1.47. The van der Waals surface area contributed by atoms with E-state index >= 15 is 0 Å². The van der Waals surface area contributed by atoms with Gasteiger partial charge in [-0.05, 0) is 28.1 Å². The molecule has 0 aliphatic rings. The van der Waals surface area contributed by atoms with Crippen molar-refractivity contribution in [1.82, 2.24) is 20.2 Å². The summed E-state index contributed by atoms with van der Waals surface area (Å²) < 4.78 is 40.0. The zero-order valence-electron chi connectivity index (χ0n) is 9.85. The second-order valence-corrected chi connectivity index (χ2v) is 4.73. The number of hydrogen-bond acceptors (Lipinski definition) is 5. The Balaban J connectivity index is 2.23. The monoisotopic (exact) mass is 289 g/mol. The van der Waals surface area contributed by atoms with E-state index < -0.39 is 11.7 Å². The molecule has 0 unspecified atom stereocenters. The van der Waals surface area contributed by atoms with Gasteiger partial charge in [-0.15, -0.1) is 5.10 Å². The van der Waals surface area contributed by atoms with Crippen molar-refractivity contribution in [2.45, 2.75) is 17.1 Å². The van der Waals surface area contributed by atoms with Gasteiger partial charge in [0, 0.05) is 18.5 Å². The van der Waals surface area contributed by atoms with Crippen molar-refractivity contribution < 1.29 is 13.2 Å². The lowest BCUT2D eigenvalue weighted by Crippen LogP contribution is -2.09. The van der Waals surface area contributed by atoms with Gasteiger partial charge in [-0.25, -0.2) is 4.68 Å². The molecule has 2 aromatic rings. The molecule has 0 saturated carbocycles. The van der Waals surface area contributed by atoms with E-state index in [0.29, 0.717) is 5.16 Å². The molecular weight excluding hydrogens is 279 g/mol. The lowest BCUT2D eigenvalue weighted by Gasteiger charge is -2.13. The first-order valence-corrected chi connectivity index (χ1v) is 6.17. The Morgan fingerprint density at radius 3 is 2.68 bits per heavy atom. The van der Waals surface area contributed by atoms with Crippen LogP contribution in [0.4, 0.5) is 18.9 Å². The van der Waals surface area contributed by atoms with Gasteiger partial charge >= 0.3 is 6.18 Å². The number of anilines is 1. The van der Waals surface area contributed by atoms with Crippen molar-refractivity contribution in [2.24, 2.45) is 7.05 Å². The minimum Gasteiger partial charge on any atom is -0.399 e. The van der Waals surface area contributed by atoms with Crippen LogP contribution in [0.25, 0.3) is 0 Å². The number of rotatable bonds is 3. The highest BCUT2D eigenvalue weighted by atomic mass is 32.2. The lowest BCUT2D eigenvalue weighted by molar-refractivity contribution is -0.138. The summed E-state index contributed by atoms with van der Waals surface area (Å²) in [7, 11) is 1.62. The van der Waals surface area contributed by atoms with E-state index in [-0.39, 0.29) is 17.0 Å². The van der Waals surface area contributed by atoms with Crippen LogP contribution in [-0.4, -0.2) is 20.2 Å². The molecule has 0 amide bonds. The van der Waals surface area contributed by atoms with Crippen molar-refractivity contribution in [3.05, 3.63) is 29.3 Å². The highest BCUT2D eigenvalue weighted by Gasteiger charge is 2.33. The first kappa shape index (κ1) is 13.7. The minimum absolute atomic E-state index is 0.0846. The van der Waals surface area contributed by atoms with E-state index in [2.05, 4.69) is 15.5 Å². The van der Waals surface area contributed by atoms with Crippen molar-refractivity contribution in [1.29, 1.82) is 0 Å². The van der Waals surface area contributed by atoms with Gasteiger partial charge in [0.1, 0.15) is 0 Å². The van der Waals surface area contributed by atoms with Crippen LogP contribution in [0.2, 0.25) is 0 Å². The molecule has 5 nitrogen and oxygen atoms in total. The summed E-state index contributed by atoms with van der Waals surface area (Å²) in [5.41, 5.74) is 4.90. The Labute approximate surface area is 111 Å². The molecule has 9 heteroatoms. The van der Waals surface area contributed by atoms with Gasteiger partial charge in [-0.2, -0.15) is 13.2 Å². The van der Waals surface area contributed by atoms with Gasteiger partial charge in [-0.3, -0.25) is 0 Å². The Bertz CT molecular complexity index is 581. The molecule has 0 saturated heterocycles. The number of tetrazole rings is 1. The van der Waals surface area contributed by atoms with Gasteiger partial charge in [0.15, 0.2) is 0 Å². The van der Waals surface area contributed by atoms with E-state index in [1.54, 1.807) is 7.05 Å². The van der Waals surface area contributed by atoms with Gasteiger partial charge in [0.05, 0.1) is 5.56 Å².